The van der Waals surface area contributed by atoms with Gasteiger partial charge in [-0.3, -0.25) is 9.20 Å². The van der Waals surface area contributed by atoms with Crippen LogP contribution in [0, 0.1) is 6.92 Å². The minimum Gasteiger partial charge on any atom is -0.335 e. The fourth-order valence-electron chi connectivity index (χ4n) is 3.87. The summed E-state index contributed by atoms with van der Waals surface area (Å²) in [6, 6.07) is 11.5. The van der Waals surface area contributed by atoms with Crippen LogP contribution in [0.2, 0.25) is 0 Å². The van der Waals surface area contributed by atoms with Gasteiger partial charge in [-0.05, 0) is 49.1 Å². The van der Waals surface area contributed by atoms with Crippen LogP contribution in [0.15, 0.2) is 48.8 Å². The number of imidazole rings is 1. The Bertz CT molecular complexity index is 1050. The number of benzene rings is 1. The number of carbonyl (C=O) groups is 2. The number of hydrogen-bond acceptors (Lipinski definition) is 3. The Morgan fingerprint density at radius 2 is 1.97 bits per heavy atom. The van der Waals surface area contributed by atoms with E-state index in [0.717, 1.165) is 35.3 Å². The number of aromatic nitrogens is 2. The second-order valence-corrected chi connectivity index (χ2v) is 7.84. The SMILES string of the molecule is Cc1ccc(CNC(=O)NC2CCCCC2)cc1NC(=O)c1cnc2ccccn12. The van der Waals surface area contributed by atoms with E-state index < -0.39 is 0 Å². The molecule has 1 saturated carbocycles. The molecule has 0 saturated heterocycles. The molecule has 3 aromatic rings. The highest BCUT2D eigenvalue weighted by Gasteiger charge is 2.16. The molecule has 7 heteroatoms. The minimum atomic E-state index is -0.225. The van der Waals surface area contributed by atoms with Gasteiger partial charge in [-0.25, -0.2) is 9.78 Å². The summed E-state index contributed by atoms with van der Waals surface area (Å²) in [5.74, 6) is -0.225. The number of urea groups is 1. The van der Waals surface area contributed by atoms with Gasteiger partial charge < -0.3 is 16.0 Å². The lowest BCUT2D eigenvalue weighted by Crippen LogP contribution is -2.42. The summed E-state index contributed by atoms with van der Waals surface area (Å²) in [5, 5.41) is 8.94. The van der Waals surface area contributed by atoms with Gasteiger partial charge >= 0.3 is 6.03 Å². The summed E-state index contributed by atoms with van der Waals surface area (Å²) in [5.41, 5.74) is 3.79. The fraction of sp³-hybridized carbons (Fsp3) is 0.348. The number of nitrogens with zero attached hydrogens (tertiary/aromatic N) is 2. The molecule has 1 aromatic carbocycles. The number of aryl methyl sites for hydroxylation is 1. The number of pyridine rings is 1. The van der Waals surface area contributed by atoms with Crippen molar-refractivity contribution in [3.63, 3.8) is 0 Å². The van der Waals surface area contributed by atoms with Crippen molar-refractivity contribution in [1.82, 2.24) is 20.0 Å². The molecule has 30 heavy (non-hydrogen) atoms. The number of hydrogen-bond donors (Lipinski definition) is 3. The van der Waals surface area contributed by atoms with Crippen LogP contribution in [0.1, 0.15) is 53.7 Å². The van der Waals surface area contributed by atoms with Gasteiger partial charge in [-0.15, -0.1) is 0 Å². The molecule has 0 bridgehead atoms. The lowest BCUT2D eigenvalue weighted by Gasteiger charge is -2.22. The Kier molecular flexibility index (Phi) is 5.97. The number of rotatable bonds is 5. The Labute approximate surface area is 175 Å². The van der Waals surface area contributed by atoms with Gasteiger partial charge in [0.15, 0.2) is 0 Å². The summed E-state index contributed by atoms with van der Waals surface area (Å²) in [4.78, 5) is 29.2. The smallest absolute Gasteiger partial charge is 0.315 e. The Morgan fingerprint density at radius 1 is 1.13 bits per heavy atom. The molecule has 1 fully saturated rings. The predicted molar refractivity (Wildman–Crippen MR) is 117 cm³/mol. The first-order chi connectivity index (χ1) is 14.6. The lowest BCUT2D eigenvalue weighted by atomic mass is 9.96. The average Bonchev–Trinajstić information content (AvgIpc) is 3.19. The van der Waals surface area contributed by atoms with Crippen LogP contribution in [-0.4, -0.2) is 27.4 Å². The highest BCUT2D eigenvalue weighted by atomic mass is 16.2. The molecule has 4 rings (SSSR count). The quantitative estimate of drug-likeness (QED) is 0.599. The van der Waals surface area contributed by atoms with Crippen LogP contribution in [0.25, 0.3) is 5.65 Å². The highest BCUT2D eigenvalue weighted by Crippen LogP contribution is 2.19. The van der Waals surface area contributed by atoms with Crippen LogP contribution in [-0.2, 0) is 6.54 Å². The summed E-state index contributed by atoms with van der Waals surface area (Å²) < 4.78 is 1.76. The largest absolute Gasteiger partial charge is 0.335 e. The van der Waals surface area contributed by atoms with Gasteiger partial charge in [0.1, 0.15) is 11.3 Å². The molecule has 0 unspecified atom stereocenters. The van der Waals surface area contributed by atoms with Gasteiger partial charge in [0, 0.05) is 24.5 Å². The molecule has 0 radical (unpaired) electrons. The number of amides is 3. The topological polar surface area (TPSA) is 87.5 Å². The first-order valence-corrected chi connectivity index (χ1v) is 10.5. The molecule has 3 N–H and O–H groups in total. The van der Waals surface area contributed by atoms with E-state index in [4.69, 9.17) is 0 Å². The third kappa shape index (κ3) is 4.62. The van der Waals surface area contributed by atoms with E-state index in [1.165, 1.54) is 19.3 Å². The van der Waals surface area contributed by atoms with Crippen LogP contribution < -0.4 is 16.0 Å². The van der Waals surface area contributed by atoms with Gasteiger partial charge in [-0.1, -0.05) is 37.5 Å². The third-order valence-corrected chi connectivity index (χ3v) is 5.59. The van der Waals surface area contributed by atoms with Gasteiger partial charge in [-0.2, -0.15) is 0 Å². The molecular formula is C23H27N5O2. The zero-order chi connectivity index (χ0) is 20.9. The third-order valence-electron chi connectivity index (χ3n) is 5.59. The molecule has 2 aromatic heterocycles. The molecule has 7 nitrogen and oxygen atoms in total. The van der Waals surface area contributed by atoms with E-state index in [-0.39, 0.29) is 18.0 Å². The molecular weight excluding hydrogens is 378 g/mol. The van der Waals surface area contributed by atoms with Gasteiger partial charge in [0.05, 0.1) is 6.20 Å². The molecule has 0 spiro atoms. The Balaban J connectivity index is 1.39. The summed E-state index contributed by atoms with van der Waals surface area (Å²) in [7, 11) is 0. The Morgan fingerprint density at radius 3 is 2.80 bits per heavy atom. The van der Waals surface area contributed by atoms with Crippen molar-refractivity contribution < 1.29 is 9.59 Å². The zero-order valence-corrected chi connectivity index (χ0v) is 17.1. The second kappa shape index (κ2) is 8.98. The van der Waals surface area contributed by atoms with E-state index in [1.54, 1.807) is 10.6 Å². The summed E-state index contributed by atoms with van der Waals surface area (Å²) >= 11 is 0. The van der Waals surface area contributed by atoms with Crippen molar-refractivity contribution in [3.8, 4) is 0 Å². The number of nitrogens with one attached hydrogen (secondary N) is 3. The zero-order valence-electron chi connectivity index (χ0n) is 17.1. The van der Waals surface area contributed by atoms with Crippen LogP contribution in [0.5, 0.6) is 0 Å². The number of fused-ring (bicyclic) bond motifs is 1. The van der Waals surface area contributed by atoms with Gasteiger partial charge in [0.2, 0.25) is 0 Å². The molecule has 156 valence electrons. The van der Waals surface area contributed by atoms with Crippen molar-refractivity contribution in [3.05, 3.63) is 65.6 Å². The molecule has 1 aliphatic carbocycles. The standard InChI is InChI=1S/C23H27N5O2/c1-16-10-11-17(14-25-23(30)26-18-7-3-2-4-8-18)13-19(16)27-22(29)20-15-24-21-9-5-6-12-28(20)21/h5-6,9-13,15,18H,2-4,7-8,14H2,1H3,(H,27,29)(H2,25,26,30). The fourth-order valence-corrected chi connectivity index (χ4v) is 3.87. The van der Waals surface area contributed by atoms with E-state index in [2.05, 4.69) is 20.9 Å². The van der Waals surface area contributed by atoms with Crippen molar-refractivity contribution in [2.75, 3.05) is 5.32 Å². The molecule has 1 aliphatic rings. The maximum absolute atomic E-state index is 12.8. The van der Waals surface area contributed by atoms with E-state index >= 15 is 0 Å². The molecule has 2 heterocycles. The van der Waals surface area contributed by atoms with Crippen molar-refractivity contribution >= 4 is 23.3 Å². The molecule has 0 aliphatic heterocycles. The normalized spacial score (nSPS) is 14.4. The lowest BCUT2D eigenvalue weighted by molar-refractivity contribution is 0.102. The van der Waals surface area contributed by atoms with E-state index in [1.807, 2.05) is 49.5 Å². The van der Waals surface area contributed by atoms with Crippen molar-refractivity contribution in [1.29, 1.82) is 0 Å². The van der Waals surface area contributed by atoms with Crippen LogP contribution in [0.4, 0.5) is 10.5 Å². The highest BCUT2D eigenvalue weighted by molar-refractivity contribution is 6.03. The monoisotopic (exact) mass is 405 g/mol. The summed E-state index contributed by atoms with van der Waals surface area (Å²) in [6.45, 7) is 2.34. The minimum absolute atomic E-state index is 0.140. The second-order valence-electron chi connectivity index (χ2n) is 7.84. The van der Waals surface area contributed by atoms with Crippen molar-refractivity contribution in [2.24, 2.45) is 0 Å². The van der Waals surface area contributed by atoms with Crippen LogP contribution >= 0.6 is 0 Å². The Hall–Kier alpha value is -3.35. The molecule has 0 atom stereocenters. The van der Waals surface area contributed by atoms with Crippen molar-refractivity contribution in [2.45, 2.75) is 51.6 Å². The average molecular weight is 406 g/mol. The van der Waals surface area contributed by atoms with Crippen LogP contribution in [0.3, 0.4) is 0 Å². The maximum atomic E-state index is 12.8. The predicted octanol–water partition coefficient (Wildman–Crippen LogP) is 4.03. The molecule has 3 amide bonds. The number of anilines is 1. The number of carbonyl (C=O) groups excluding carboxylic acids is 2. The van der Waals surface area contributed by atoms with E-state index in [9.17, 15) is 9.59 Å². The summed E-state index contributed by atoms with van der Waals surface area (Å²) in [6.07, 6.45) is 9.11. The first kappa shape index (κ1) is 19.9. The van der Waals surface area contributed by atoms with Gasteiger partial charge in [0.25, 0.3) is 5.91 Å². The van der Waals surface area contributed by atoms with E-state index in [0.29, 0.717) is 12.2 Å². The first-order valence-electron chi connectivity index (χ1n) is 10.5. The maximum Gasteiger partial charge on any atom is 0.315 e.